The van der Waals surface area contributed by atoms with E-state index >= 15 is 0 Å². The zero-order chi connectivity index (χ0) is 21.7. The SMILES string of the molecule is COc1c(Br)c(C(=O)OCC(=O)Nc2ccc(C)c(Cl)c2)c(Br)c(OC)c1OC. The molecule has 0 radical (unpaired) electrons. The lowest BCUT2D eigenvalue weighted by Gasteiger charge is -2.18. The molecule has 29 heavy (non-hydrogen) atoms. The quantitative estimate of drug-likeness (QED) is 0.488. The van der Waals surface area contributed by atoms with Gasteiger partial charge in [0, 0.05) is 10.7 Å². The molecule has 156 valence electrons. The number of carbonyl (C=O) groups excluding carboxylic acids is 2. The summed E-state index contributed by atoms with van der Waals surface area (Å²) in [4.78, 5) is 24.8. The molecule has 2 rings (SSSR count). The Bertz CT molecular complexity index is 920. The monoisotopic (exact) mass is 549 g/mol. The lowest BCUT2D eigenvalue weighted by atomic mass is 10.2. The van der Waals surface area contributed by atoms with Gasteiger partial charge in [-0.25, -0.2) is 4.79 Å². The fourth-order valence-electron chi connectivity index (χ4n) is 2.43. The largest absolute Gasteiger partial charge is 0.492 e. The summed E-state index contributed by atoms with van der Waals surface area (Å²) in [5.41, 5.74) is 1.47. The van der Waals surface area contributed by atoms with Crippen LogP contribution in [0.4, 0.5) is 5.69 Å². The molecule has 10 heteroatoms. The molecule has 1 N–H and O–H groups in total. The first-order valence-corrected chi connectivity index (χ1v) is 10.1. The molecule has 0 fully saturated rings. The van der Waals surface area contributed by atoms with E-state index in [4.69, 9.17) is 30.5 Å². The topological polar surface area (TPSA) is 83.1 Å². The minimum atomic E-state index is -0.764. The normalized spacial score (nSPS) is 10.3. The number of aryl methyl sites for hydroxylation is 1. The van der Waals surface area contributed by atoms with Gasteiger partial charge in [0.15, 0.2) is 18.1 Å². The summed E-state index contributed by atoms with van der Waals surface area (Å²) in [6.45, 7) is 1.35. The van der Waals surface area contributed by atoms with Crippen LogP contribution in [0, 0.1) is 6.92 Å². The molecule has 0 bridgehead atoms. The third kappa shape index (κ3) is 5.15. The molecule has 1 amide bonds. The summed E-state index contributed by atoms with van der Waals surface area (Å²) >= 11 is 12.7. The number of rotatable bonds is 7. The Morgan fingerprint density at radius 3 is 2.03 bits per heavy atom. The summed E-state index contributed by atoms with van der Waals surface area (Å²) in [6.07, 6.45) is 0. The van der Waals surface area contributed by atoms with Gasteiger partial charge in [0.05, 0.1) is 35.8 Å². The Hall–Kier alpha value is -1.97. The summed E-state index contributed by atoms with van der Waals surface area (Å²) in [5, 5.41) is 3.13. The Morgan fingerprint density at radius 1 is 1.00 bits per heavy atom. The molecule has 0 aliphatic rings. The molecule has 0 atom stereocenters. The number of methoxy groups -OCH3 is 3. The maximum atomic E-state index is 12.6. The fraction of sp³-hybridized carbons (Fsp3) is 0.263. The van der Waals surface area contributed by atoms with Gasteiger partial charge >= 0.3 is 5.97 Å². The Balaban J connectivity index is 2.20. The van der Waals surface area contributed by atoms with E-state index < -0.39 is 18.5 Å². The number of carbonyl (C=O) groups is 2. The molecule has 0 aliphatic carbocycles. The zero-order valence-corrected chi connectivity index (χ0v) is 20.0. The van der Waals surface area contributed by atoms with Crippen LogP contribution in [0.5, 0.6) is 17.2 Å². The lowest BCUT2D eigenvalue weighted by Crippen LogP contribution is -2.21. The summed E-state index contributed by atoms with van der Waals surface area (Å²) in [7, 11) is 4.29. The average molecular weight is 552 g/mol. The maximum Gasteiger partial charge on any atom is 0.341 e. The van der Waals surface area contributed by atoms with Crippen molar-refractivity contribution in [1.29, 1.82) is 0 Å². The molecule has 0 aliphatic heterocycles. The molecular weight excluding hydrogens is 533 g/mol. The maximum absolute atomic E-state index is 12.6. The molecule has 2 aromatic rings. The van der Waals surface area contributed by atoms with Crippen molar-refractivity contribution in [3.63, 3.8) is 0 Å². The number of halogens is 3. The predicted octanol–water partition coefficient (Wildman–Crippen LogP) is 4.99. The molecule has 0 unspecified atom stereocenters. The molecular formula is C19H18Br2ClNO6. The van der Waals surface area contributed by atoms with Gasteiger partial charge in [-0.2, -0.15) is 0 Å². The average Bonchev–Trinajstić information content (AvgIpc) is 2.68. The Morgan fingerprint density at radius 2 is 1.55 bits per heavy atom. The standard InChI is InChI=1S/C19H18Br2ClNO6/c1-9-5-6-10(7-11(9)22)23-12(24)8-29-19(25)13-14(20)16(26-2)18(28-4)17(27-3)15(13)21/h5-7H,8H2,1-4H3,(H,23,24). The van der Waals surface area contributed by atoms with E-state index in [9.17, 15) is 9.59 Å². The van der Waals surface area contributed by atoms with Crippen LogP contribution in [0.2, 0.25) is 5.02 Å². The van der Waals surface area contributed by atoms with Gasteiger partial charge in [0.1, 0.15) is 0 Å². The molecule has 2 aromatic carbocycles. The van der Waals surface area contributed by atoms with Gasteiger partial charge in [-0.15, -0.1) is 0 Å². The van der Waals surface area contributed by atoms with Crippen LogP contribution in [0.25, 0.3) is 0 Å². The fourth-order valence-corrected chi connectivity index (χ4v) is 4.28. The number of amides is 1. The highest BCUT2D eigenvalue weighted by atomic mass is 79.9. The molecule has 0 heterocycles. The Labute approximate surface area is 189 Å². The van der Waals surface area contributed by atoms with Gasteiger partial charge < -0.3 is 24.3 Å². The number of benzene rings is 2. The number of esters is 1. The first-order valence-electron chi connectivity index (χ1n) is 8.15. The van der Waals surface area contributed by atoms with Crippen molar-refractivity contribution < 1.29 is 28.5 Å². The van der Waals surface area contributed by atoms with Crippen LogP contribution < -0.4 is 19.5 Å². The van der Waals surface area contributed by atoms with Crippen LogP contribution in [0.1, 0.15) is 15.9 Å². The van der Waals surface area contributed by atoms with Crippen molar-refractivity contribution >= 4 is 61.0 Å². The second-order valence-corrected chi connectivity index (χ2v) is 7.68. The number of anilines is 1. The first kappa shape index (κ1) is 23.3. The van der Waals surface area contributed by atoms with E-state index in [2.05, 4.69) is 37.2 Å². The van der Waals surface area contributed by atoms with Crippen LogP contribution >= 0.6 is 43.5 Å². The molecule has 0 saturated carbocycles. The second-order valence-electron chi connectivity index (χ2n) is 5.69. The lowest BCUT2D eigenvalue weighted by molar-refractivity contribution is -0.119. The van der Waals surface area contributed by atoms with Crippen molar-refractivity contribution in [3.05, 3.63) is 43.3 Å². The van der Waals surface area contributed by atoms with E-state index in [1.54, 1.807) is 18.2 Å². The summed E-state index contributed by atoms with van der Waals surface area (Å²) in [5.74, 6) is -0.492. The zero-order valence-electron chi connectivity index (χ0n) is 16.0. The van der Waals surface area contributed by atoms with E-state index in [0.717, 1.165) is 5.56 Å². The second kappa shape index (κ2) is 10.2. The van der Waals surface area contributed by atoms with Gasteiger partial charge in [-0.1, -0.05) is 17.7 Å². The molecule has 7 nitrogen and oxygen atoms in total. The van der Waals surface area contributed by atoms with E-state index in [-0.39, 0.29) is 17.1 Å². The van der Waals surface area contributed by atoms with Crippen LogP contribution in [-0.2, 0) is 9.53 Å². The number of ether oxygens (including phenoxy) is 4. The number of hydrogen-bond donors (Lipinski definition) is 1. The van der Waals surface area contributed by atoms with E-state index in [0.29, 0.717) is 25.4 Å². The highest BCUT2D eigenvalue weighted by molar-refractivity contribution is 9.11. The van der Waals surface area contributed by atoms with Crippen LogP contribution in [-0.4, -0.2) is 39.8 Å². The van der Waals surface area contributed by atoms with E-state index in [1.165, 1.54) is 21.3 Å². The van der Waals surface area contributed by atoms with Gasteiger partial charge in [0.25, 0.3) is 5.91 Å². The van der Waals surface area contributed by atoms with Crippen molar-refractivity contribution in [2.75, 3.05) is 33.3 Å². The van der Waals surface area contributed by atoms with Crippen LogP contribution in [0.15, 0.2) is 27.1 Å². The third-order valence-electron chi connectivity index (χ3n) is 3.86. The van der Waals surface area contributed by atoms with Crippen LogP contribution in [0.3, 0.4) is 0 Å². The highest BCUT2D eigenvalue weighted by Gasteiger charge is 2.29. The minimum Gasteiger partial charge on any atom is -0.492 e. The Kier molecular flexibility index (Phi) is 8.18. The van der Waals surface area contributed by atoms with Crippen molar-refractivity contribution in [2.24, 2.45) is 0 Å². The minimum absolute atomic E-state index is 0.0886. The van der Waals surface area contributed by atoms with Gasteiger partial charge in [-0.3, -0.25) is 4.79 Å². The third-order valence-corrected chi connectivity index (χ3v) is 5.78. The summed E-state index contributed by atoms with van der Waals surface area (Å²) in [6, 6.07) is 5.09. The summed E-state index contributed by atoms with van der Waals surface area (Å²) < 4.78 is 21.7. The first-order chi connectivity index (χ1) is 13.7. The predicted molar refractivity (Wildman–Crippen MR) is 117 cm³/mol. The van der Waals surface area contributed by atoms with E-state index in [1.807, 2.05) is 6.92 Å². The number of nitrogens with one attached hydrogen (secondary N) is 1. The van der Waals surface area contributed by atoms with Crippen molar-refractivity contribution in [1.82, 2.24) is 0 Å². The molecule has 0 saturated heterocycles. The highest BCUT2D eigenvalue weighted by Crippen LogP contribution is 2.50. The molecule has 0 spiro atoms. The smallest absolute Gasteiger partial charge is 0.341 e. The number of hydrogen-bond acceptors (Lipinski definition) is 6. The van der Waals surface area contributed by atoms with Gasteiger partial charge in [0.2, 0.25) is 5.75 Å². The van der Waals surface area contributed by atoms with Crippen molar-refractivity contribution in [3.8, 4) is 17.2 Å². The van der Waals surface area contributed by atoms with Gasteiger partial charge in [-0.05, 0) is 56.5 Å². The molecule has 0 aromatic heterocycles. The van der Waals surface area contributed by atoms with Crippen molar-refractivity contribution in [2.45, 2.75) is 6.92 Å².